The lowest BCUT2D eigenvalue weighted by Crippen LogP contribution is -2.47. The van der Waals surface area contributed by atoms with Gasteiger partial charge >= 0.3 is 0 Å². The summed E-state index contributed by atoms with van der Waals surface area (Å²) in [4.78, 5) is 17.0. The molecule has 36 heavy (non-hydrogen) atoms. The van der Waals surface area contributed by atoms with Crippen LogP contribution < -0.4 is 25.3 Å². The van der Waals surface area contributed by atoms with Gasteiger partial charge in [-0.3, -0.25) is 0 Å². The number of furan rings is 1. The molecule has 0 radical (unpaired) electrons. The maximum Gasteiger partial charge on any atom is 0.232 e. The fraction of sp³-hybridized carbons (Fsp3) is 0.444. The van der Waals surface area contributed by atoms with E-state index in [1.807, 2.05) is 19.1 Å². The topological polar surface area (TPSA) is 72.7 Å². The van der Waals surface area contributed by atoms with Crippen LogP contribution in [-0.2, 0) is 6.54 Å². The number of aryl methyl sites for hydroxylation is 1. The maximum atomic E-state index is 5.63. The summed E-state index contributed by atoms with van der Waals surface area (Å²) in [5, 5.41) is 6.90. The Hall–Kier alpha value is -3.33. The van der Waals surface area contributed by atoms with Crippen LogP contribution in [0.4, 0.5) is 23.3 Å². The monoisotopic (exact) mass is 505 g/mol. The van der Waals surface area contributed by atoms with Gasteiger partial charge in [-0.2, -0.15) is 9.97 Å². The molecule has 8 nitrogen and oxygen atoms in total. The van der Waals surface area contributed by atoms with Crippen molar-refractivity contribution in [3.8, 4) is 0 Å². The lowest BCUT2D eigenvalue weighted by atomic mass is 10.0. The van der Waals surface area contributed by atoms with Gasteiger partial charge in [-0.25, -0.2) is 0 Å². The SMILES string of the molecule is Cc1ccc(CNC(=S)Nc2nc(N3CCN(c4ccccc4)CC3)cc(N3CCCCC3C)n2)o1. The number of rotatable bonds is 6. The molecule has 0 bridgehead atoms. The number of anilines is 4. The predicted octanol–water partition coefficient (Wildman–Crippen LogP) is 4.57. The summed E-state index contributed by atoms with van der Waals surface area (Å²) < 4.78 is 5.63. The Kier molecular flexibility index (Phi) is 7.55. The first-order valence-corrected chi connectivity index (χ1v) is 13.3. The van der Waals surface area contributed by atoms with Crippen molar-refractivity contribution in [2.24, 2.45) is 0 Å². The summed E-state index contributed by atoms with van der Waals surface area (Å²) in [6.07, 6.45) is 3.63. The Bertz CT molecular complexity index is 1160. The van der Waals surface area contributed by atoms with Crippen LogP contribution in [0.15, 0.2) is 52.9 Å². The third kappa shape index (κ3) is 5.90. The molecule has 2 N–H and O–H groups in total. The molecule has 2 aliphatic heterocycles. The Balaban J connectivity index is 1.31. The molecule has 0 spiro atoms. The van der Waals surface area contributed by atoms with Gasteiger partial charge in [-0.1, -0.05) is 18.2 Å². The van der Waals surface area contributed by atoms with Gasteiger partial charge in [-0.15, -0.1) is 0 Å². The Labute approximate surface area is 218 Å². The molecule has 1 unspecified atom stereocenters. The second-order valence-electron chi connectivity index (χ2n) is 9.58. The minimum Gasteiger partial charge on any atom is -0.465 e. The molecule has 0 amide bonds. The summed E-state index contributed by atoms with van der Waals surface area (Å²) in [5.41, 5.74) is 1.27. The fourth-order valence-electron chi connectivity index (χ4n) is 4.95. The molecule has 0 saturated carbocycles. The lowest BCUT2D eigenvalue weighted by Gasteiger charge is -2.38. The van der Waals surface area contributed by atoms with Crippen molar-refractivity contribution in [2.45, 2.75) is 45.7 Å². The first kappa shape index (κ1) is 24.4. The van der Waals surface area contributed by atoms with Crippen LogP contribution in [0.25, 0.3) is 0 Å². The molecule has 3 aromatic rings. The average molecular weight is 506 g/mol. The van der Waals surface area contributed by atoms with Crippen LogP contribution in [0.2, 0.25) is 0 Å². The molecular formula is C27H35N7OS. The van der Waals surface area contributed by atoms with Crippen LogP contribution in [0.5, 0.6) is 0 Å². The van der Waals surface area contributed by atoms with E-state index in [1.54, 1.807) is 0 Å². The molecule has 2 fully saturated rings. The third-order valence-electron chi connectivity index (χ3n) is 6.97. The van der Waals surface area contributed by atoms with Crippen molar-refractivity contribution in [3.05, 3.63) is 60.1 Å². The Morgan fingerprint density at radius 2 is 1.72 bits per heavy atom. The summed E-state index contributed by atoms with van der Waals surface area (Å²) in [6, 6.07) is 17.1. The first-order chi connectivity index (χ1) is 17.5. The van der Waals surface area contributed by atoms with Crippen molar-refractivity contribution in [3.63, 3.8) is 0 Å². The molecule has 190 valence electrons. The van der Waals surface area contributed by atoms with E-state index >= 15 is 0 Å². The van der Waals surface area contributed by atoms with Gasteiger partial charge in [0.25, 0.3) is 0 Å². The van der Waals surface area contributed by atoms with Crippen molar-refractivity contribution in [1.82, 2.24) is 15.3 Å². The van der Waals surface area contributed by atoms with Gasteiger partial charge in [0.05, 0.1) is 6.54 Å². The van der Waals surface area contributed by atoms with Gasteiger partial charge in [0.2, 0.25) is 5.95 Å². The smallest absolute Gasteiger partial charge is 0.232 e. The zero-order valence-electron chi connectivity index (χ0n) is 21.1. The highest BCUT2D eigenvalue weighted by molar-refractivity contribution is 7.80. The van der Waals surface area contributed by atoms with Crippen molar-refractivity contribution in [2.75, 3.05) is 52.7 Å². The van der Waals surface area contributed by atoms with E-state index in [-0.39, 0.29) is 0 Å². The van der Waals surface area contributed by atoms with E-state index in [1.165, 1.54) is 24.9 Å². The molecule has 9 heteroatoms. The molecule has 1 aromatic carbocycles. The van der Waals surface area contributed by atoms with E-state index in [0.29, 0.717) is 23.6 Å². The normalized spacial score (nSPS) is 18.3. The quantitative estimate of drug-likeness (QED) is 0.469. The minimum absolute atomic E-state index is 0.455. The third-order valence-corrected chi connectivity index (χ3v) is 7.21. The molecule has 1 atom stereocenters. The zero-order chi connectivity index (χ0) is 24.9. The molecule has 2 aliphatic rings. The summed E-state index contributed by atoms with van der Waals surface area (Å²) in [6.45, 7) is 9.45. The van der Waals surface area contributed by atoms with Crippen LogP contribution in [0.3, 0.4) is 0 Å². The zero-order valence-corrected chi connectivity index (χ0v) is 21.9. The van der Waals surface area contributed by atoms with Crippen LogP contribution >= 0.6 is 12.2 Å². The number of hydrogen-bond acceptors (Lipinski definition) is 7. The van der Waals surface area contributed by atoms with Crippen LogP contribution in [0.1, 0.15) is 37.7 Å². The van der Waals surface area contributed by atoms with E-state index in [0.717, 1.165) is 55.9 Å². The highest BCUT2D eigenvalue weighted by Gasteiger charge is 2.24. The summed E-state index contributed by atoms with van der Waals surface area (Å²) in [5.74, 6) is 4.15. The Morgan fingerprint density at radius 1 is 0.972 bits per heavy atom. The number of benzene rings is 1. The molecule has 4 heterocycles. The van der Waals surface area contributed by atoms with Gasteiger partial charge in [0, 0.05) is 50.5 Å². The number of piperazine rings is 1. The summed E-state index contributed by atoms with van der Waals surface area (Å²) >= 11 is 5.56. The van der Waals surface area contributed by atoms with Gasteiger partial charge in [0.15, 0.2) is 5.11 Å². The number of piperidine rings is 1. The van der Waals surface area contributed by atoms with E-state index in [2.05, 4.69) is 68.7 Å². The first-order valence-electron chi connectivity index (χ1n) is 12.9. The Morgan fingerprint density at radius 3 is 2.44 bits per heavy atom. The number of nitrogens with one attached hydrogen (secondary N) is 2. The highest BCUT2D eigenvalue weighted by Crippen LogP contribution is 2.28. The van der Waals surface area contributed by atoms with Crippen LogP contribution in [0, 0.1) is 6.92 Å². The van der Waals surface area contributed by atoms with Crippen molar-refractivity contribution in [1.29, 1.82) is 0 Å². The van der Waals surface area contributed by atoms with E-state index in [9.17, 15) is 0 Å². The fourth-order valence-corrected chi connectivity index (χ4v) is 5.11. The standard InChI is InChI=1S/C27H35N7OS/c1-20-8-6-7-13-34(20)25-18-24(33-16-14-32(15-17-33)22-9-4-3-5-10-22)29-26(30-25)31-27(36)28-19-23-12-11-21(2)35-23/h3-5,9-12,18,20H,6-8,13-17,19H2,1-2H3,(H2,28,29,30,31,36). The molecule has 0 aliphatic carbocycles. The predicted molar refractivity (Wildman–Crippen MR) is 150 cm³/mol. The van der Waals surface area contributed by atoms with Crippen LogP contribution in [-0.4, -0.2) is 53.8 Å². The number of aromatic nitrogens is 2. The van der Waals surface area contributed by atoms with Gasteiger partial charge < -0.3 is 29.8 Å². The number of hydrogen-bond donors (Lipinski definition) is 2. The summed E-state index contributed by atoms with van der Waals surface area (Å²) in [7, 11) is 0. The molecule has 2 saturated heterocycles. The second kappa shape index (κ2) is 11.2. The minimum atomic E-state index is 0.455. The average Bonchev–Trinajstić information content (AvgIpc) is 3.33. The van der Waals surface area contributed by atoms with Gasteiger partial charge in [0.1, 0.15) is 23.2 Å². The van der Waals surface area contributed by atoms with Crippen molar-refractivity contribution < 1.29 is 4.42 Å². The molecular weight excluding hydrogens is 470 g/mol. The second-order valence-corrected chi connectivity index (χ2v) is 9.98. The molecule has 5 rings (SSSR count). The van der Waals surface area contributed by atoms with Gasteiger partial charge in [-0.05, 0) is 69.6 Å². The molecule has 2 aromatic heterocycles. The number of nitrogens with zero attached hydrogens (tertiary/aromatic N) is 5. The van der Waals surface area contributed by atoms with E-state index in [4.69, 9.17) is 26.6 Å². The maximum absolute atomic E-state index is 5.63. The number of thiocarbonyl (C=S) groups is 1. The largest absolute Gasteiger partial charge is 0.465 e. The lowest BCUT2D eigenvalue weighted by molar-refractivity contribution is 0.478. The van der Waals surface area contributed by atoms with E-state index < -0.39 is 0 Å². The highest BCUT2D eigenvalue weighted by atomic mass is 32.1. The van der Waals surface area contributed by atoms with Crippen molar-refractivity contribution >= 4 is 40.6 Å². The number of para-hydroxylation sites is 1.